The highest BCUT2D eigenvalue weighted by molar-refractivity contribution is 8.31. The minimum absolute atomic E-state index is 0. The van der Waals surface area contributed by atoms with Crippen molar-refractivity contribution >= 4 is 423 Å². The molecule has 58 nitrogen and oxygen atoms in total. The molecule has 0 rings (SSSR count). The molecule has 0 aliphatic heterocycles. The first kappa shape index (κ1) is 154. The van der Waals surface area contributed by atoms with Gasteiger partial charge in [0.05, 0.1) is 129 Å². The summed E-state index contributed by atoms with van der Waals surface area (Å²) in [5, 5.41) is 8.54. The number of unbranched alkanes of at least 4 members (excludes halogenated alkanes) is 1. The monoisotopic (exact) mass is 2890 g/mol. The van der Waals surface area contributed by atoms with Gasteiger partial charge in [-0.2, -0.15) is 0 Å². The van der Waals surface area contributed by atoms with Crippen molar-refractivity contribution in [2.75, 3.05) is 133 Å². The van der Waals surface area contributed by atoms with E-state index in [9.17, 15) is 144 Å². The lowest BCUT2D eigenvalue weighted by Crippen LogP contribution is -3.19. The minimum Gasteiger partial charge on any atom is -0.441 e. The second kappa shape index (κ2) is 77.2. The normalized spacial score (nSPS) is 22.1. The maximum atomic E-state index is 14.8. The first-order chi connectivity index (χ1) is 66.5. The molecule has 0 aromatic rings. The molecule has 142 heavy (non-hydrogen) atoms. The van der Waals surface area contributed by atoms with E-state index in [1.807, 2.05) is 0 Å². The average Bonchev–Trinajstić information content (AvgIpc) is 0.618. The zero-order chi connectivity index (χ0) is 109. The fourth-order valence-electron chi connectivity index (χ4n) is 16.1. The molecule has 31 N–H and O–H groups in total. The summed E-state index contributed by atoms with van der Waals surface area (Å²) < 4.78 is 182. The standard InChI is InChI=1S/C22H46O10.C12H124O48Si49.CH4/c1-2-3-5-24-7-9-26-11-13-28-15-17-30-19-21-32-22-20-31-18-16-29-14-12-27-10-8-25-6-4-23;1-43-94(12,61)56-109(105(87-38,52-70-21)91(6,7)41,106(88-39,53-71-22)92(8,9)42)108(59-97(76-27,77-28)46-64-15,104(86-37,51-69-20)89(2)40)99(55-93(10,11)54-90(3,4)5,107(102(82-33,83-34)49-67-18,103(84-35,85-36)50-68-19)58-96(74-25,75-26)45-63-14)60-98(100(78-29,79-30)47-65-16,101(80-31,81-32)48-66-17)57-95(72-23,73-24)44-62-13;/h23H,2-22H2,1H3;13-42,89H,62-88H2,1-12,61H3;1H4. The summed E-state index contributed by atoms with van der Waals surface area (Å²) in [5.41, 5.74) is 0. The fourth-order valence-corrected chi connectivity index (χ4v) is 989. The summed E-state index contributed by atoms with van der Waals surface area (Å²) in [7, 11) is -165. The smallest absolute Gasteiger partial charge is 0.338 e. The van der Waals surface area contributed by atoms with Crippen LogP contribution in [0.2, 0.25) is 72.0 Å². The van der Waals surface area contributed by atoms with E-state index >= 15 is 0 Å². The Bertz CT molecular complexity index is 3050. The molecule has 0 aliphatic rings. The van der Waals surface area contributed by atoms with Crippen molar-refractivity contribution in [3.63, 3.8) is 0 Å². The molecule has 0 aliphatic carbocycles. The molecular formula is C35H174O58Si49. The Kier molecular flexibility index (Phi) is 83.9. The molecule has 0 saturated heterocycles. The molecule has 858 valence electrons. The quantitative estimate of drug-likeness (QED) is 0.0199. The van der Waals surface area contributed by atoms with Crippen LogP contribution >= 0.6 is 0 Å². The van der Waals surface area contributed by atoms with Crippen molar-refractivity contribution < 1.29 is 266 Å². The van der Waals surface area contributed by atoms with Gasteiger partial charge in [-0.25, -0.2) is 0 Å². The summed E-state index contributed by atoms with van der Waals surface area (Å²) in [6.45, 7) is -42.7. The molecular weight excluding hydrogens is 2720 g/mol. The fraction of sp³-hybridized carbons (Fsp3) is 1.00. The van der Waals surface area contributed by atoms with Crippen LogP contribution in [-0.2, 0) is 117 Å². The second-order valence-electron chi connectivity index (χ2n) is 34.2. The number of rotatable bonds is 94. The van der Waals surface area contributed by atoms with Gasteiger partial charge < -0.3 is 266 Å². The van der Waals surface area contributed by atoms with E-state index in [4.69, 9.17) is 122 Å². The van der Waals surface area contributed by atoms with Crippen LogP contribution in [0.4, 0.5) is 0 Å². The van der Waals surface area contributed by atoms with E-state index < -0.39 is 423 Å². The maximum absolute atomic E-state index is 14.8. The van der Waals surface area contributed by atoms with Gasteiger partial charge in [-0.3, -0.25) is 0 Å². The summed E-state index contributed by atoms with van der Waals surface area (Å²) in [6.07, 6.45) is 2.25. The number of aliphatic hydroxyl groups is 1. The van der Waals surface area contributed by atoms with E-state index in [0.29, 0.717) is 112 Å². The molecule has 0 spiro atoms. The van der Waals surface area contributed by atoms with E-state index in [2.05, 4.69) is 6.92 Å². The van der Waals surface area contributed by atoms with E-state index in [0.717, 1.165) is 59.3 Å². The molecule has 0 saturated carbocycles. The van der Waals surface area contributed by atoms with Crippen LogP contribution in [0.25, 0.3) is 0 Å². The molecule has 107 heteroatoms. The Balaban J connectivity index is -0.00000494. The topological polar surface area (TPSA) is 876 Å². The van der Waals surface area contributed by atoms with Crippen molar-refractivity contribution in [1.29, 1.82) is 0 Å². The highest BCUT2D eigenvalue weighted by atomic mass is 30.5. The number of ether oxygens (including phenoxy) is 9. The van der Waals surface area contributed by atoms with Crippen LogP contribution in [0.1, 0.15) is 27.2 Å². The van der Waals surface area contributed by atoms with E-state index in [-0.39, 0.29) is 14.0 Å². The zero-order valence-electron chi connectivity index (χ0n) is 83.4. The molecule has 0 bridgehead atoms. The van der Waals surface area contributed by atoms with Crippen LogP contribution in [0.5, 0.6) is 0 Å². The molecule has 7 atom stereocenters. The lowest BCUT2D eigenvalue weighted by atomic mass is 10.4. The Morgan fingerprint density at radius 2 is 0.542 bits per heavy atom. The largest absolute Gasteiger partial charge is 0.441 e. The lowest BCUT2D eigenvalue weighted by molar-refractivity contribution is -0.0255. The summed E-state index contributed by atoms with van der Waals surface area (Å²) in [4.78, 5) is 394. The molecule has 0 heterocycles. The summed E-state index contributed by atoms with van der Waals surface area (Å²) in [6, 6.07) is 0. The number of aliphatic hydroxyl groups excluding tert-OH is 1. The molecule has 7 unspecified atom stereocenters. The Labute approximate surface area is 912 Å². The molecule has 0 aromatic heterocycles. The third-order valence-electron chi connectivity index (χ3n) is 22.7. The van der Waals surface area contributed by atoms with E-state index in [1.54, 1.807) is 19.6 Å². The van der Waals surface area contributed by atoms with E-state index in [1.165, 1.54) is 19.6 Å². The van der Waals surface area contributed by atoms with Crippen molar-refractivity contribution in [2.45, 2.75) is 99.2 Å². The first-order valence-electron chi connectivity index (χ1n) is 44.7. The second-order valence-corrected chi connectivity index (χ2v) is 315. The maximum Gasteiger partial charge on any atom is 0.338 e. The molecule has 0 fully saturated rings. The molecule has 0 radical (unpaired) electrons. The van der Waals surface area contributed by atoms with Crippen molar-refractivity contribution in [1.82, 2.24) is 0 Å². The highest BCUT2D eigenvalue weighted by Crippen LogP contribution is 2.60. The first-order valence-corrected chi connectivity index (χ1v) is 169. The van der Waals surface area contributed by atoms with Gasteiger partial charge in [0.25, 0.3) is 136 Å². The van der Waals surface area contributed by atoms with Crippen molar-refractivity contribution in [3.05, 3.63) is 0 Å². The third-order valence-corrected chi connectivity index (χ3v) is 551. The molecule has 0 aromatic carbocycles. The average molecular weight is 2900 g/mol. The highest BCUT2D eigenvalue weighted by Gasteiger charge is 3.06. The minimum atomic E-state index is -8.47. The Morgan fingerprint density at radius 3 is 0.768 bits per heavy atom. The zero-order valence-corrected chi connectivity index (χ0v) is 145. The van der Waals surface area contributed by atoms with Crippen LogP contribution in [0.15, 0.2) is 0 Å². The Morgan fingerprint density at radius 1 is 0.275 bits per heavy atom. The molecule has 0 amide bonds. The summed E-state index contributed by atoms with van der Waals surface area (Å²) >= 11 is 0. The van der Waals surface area contributed by atoms with Crippen LogP contribution in [0, 0.1) is 0 Å². The van der Waals surface area contributed by atoms with Crippen LogP contribution in [0.3, 0.4) is 0 Å². The van der Waals surface area contributed by atoms with Gasteiger partial charge in [0.1, 0.15) is 0 Å². The SMILES string of the molecule is C.CCCCOCCOCCOCCOCCOCCOCCOCCOCCOCCO.CO[Si](C)([SiH3])O[Si]([Si](O[SiH2]O)([SiH2]O)[Si](C)(C)O)([Si](O[SiH2]O)([SiH2]O)[Si](C)(C)O)[Si](O[Si](O[SiH2]O)([SiH2]O)[SiH2]O)([Si](O[SiH2]O)([SiH2]O)[SiH](C)O)[Si](O[Si](C)(C)O[Si](C)(C)C)(O[Si](O[Si](O[SiH2]O)([SiH2]O)[SiH2]O)([Si](O[SiH2]O)([SiH2]O)[SiH2]O)[Si](O[SiH2]O)([SiH2]O)[SiH2]O)[Si](O[Si](O[SiH2]O)([SiH2]O)[SiH2]O)([Si](O[SiH2]O)([SiH2]O)[SiH2]O)[Si](O[SiH2]O)([SiH2]O)[SiH2]O. The van der Waals surface area contributed by atoms with Crippen LogP contribution in [-0.4, -0.2) is 705 Å². The van der Waals surface area contributed by atoms with Crippen LogP contribution < -0.4 is 0 Å². The predicted octanol–water partition coefficient (Wildman–Crippen LogP) is -44.0. The van der Waals surface area contributed by atoms with Crippen molar-refractivity contribution in [2.24, 2.45) is 0 Å². The lowest BCUT2D eigenvalue weighted by Gasteiger charge is -2.75. The number of hydrogen-bond acceptors (Lipinski definition) is 58. The van der Waals surface area contributed by atoms with Gasteiger partial charge in [0, 0.05) is 13.7 Å². The summed E-state index contributed by atoms with van der Waals surface area (Å²) in [5.74, 6) is 0. The van der Waals surface area contributed by atoms with Crippen molar-refractivity contribution in [3.8, 4) is 0 Å². The Hall–Kier alpha value is 8.31. The number of hydrogen-bond donors (Lipinski definition) is 31. The van der Waals surface area contributed by atoms with Gasteiger partial charge in [-0.1, -0.05) is 20.8 Å². The van der Waals surface area contributed by atoms with Gasteiger partial charge in [0.15, 0.2) is 135 Å². The van der Waals surface area contributed by atoms with Gasteiger partial charge >= 0.3 is 46.5 Å². The van der Waals surface area contributed by atoms with Gasteiger partial charge in [0.2, 0.25) is 96.9 Å². The third kappa shape index (κ3) is 39.0. The predicted molar refractivity (Wildman–Crippen MR) is 645 cm³/mol. The van der Waals surface area contributed by atoms with Gasteiger partial charge in [-0.05, 0) is 78.4 Å². The van der Waals surface area contributed by atoms with Gasteiger partial charge in [-0.15, -0.1) is 0 Å².